The molecule has 0 unspecified atom stereocenters. The van der Waals surface area contributed by atoms with Crippen molar-refractivity contribution >= 4 is 5.78 Å². The van der Waals surface area contributed by atoms with Gasteiger partial charge in [0.05, 0.1) is 5.56 Å². The maximum absolute atomic E-state index is 12.1. The van der Waals surface area contributed by atoms with Crippen molar-refractivity contribution in [2.45, 2.75) is 20.8 Å². The van der Waals surface area contributed by atoms with E-state index in [0.29, 0.717) is 16.9 Å². The molecule has 82 valence electrons. The molecule has 2 aromatic rings. The summed E-state index contributed by atoms with van der Waals surface area (Å²) in [6.45, 7) is 5.51. The van der Waals surface area contributed by atoms with Crippen LogP contribution in [0.1, 0.15) is 33.1 Å². The molecule has 0 aliphatic heterocycles. The van der Waals surface area contributed by atoms with Crippen LogP contribution in [-0.4, -0.2) is 10.8 Å². The van der Waals surface area contributed by atoms with Gasteiger partial charge in [-0.25, -0.2) is 0 Å². The minimum atomic E-state index is -0.0400. The van der Waals surface area contributed by atoms with Gasteiger partial charge in [0.1, 0.15) is 11.5 Å². The zero-order chi connectivity index (χ0) is 11.7. The molecule has 3 heteroatoms. The van der Waals surface area contributed by atoms with Gasteiger partial charge in [0, 0.05) is 17.5 Å². The summed E-state index contributed by atoms with van der Waals surface area (Å²) in [5.41, 5.74) is 2.11. The van der Waals surface area contributed by atoms with Crippen LogP contribution in [-0.2, 0) is 0 Å². The minimum absolute atomic E-state index is 0.0400. The van der Waals surface area contributed by atoms with Crippen LogP contribution >= 0.6 is 0 Å². The molecule has 0 fully saturated rings. The van der Waals surface area contributed by atoms with E-state index in [1.807, 2.05) is 19.9 Å². The molecule has 2 aromatic heterocycles. The summed E-state index contributed by atoms with van der Waals surface area (Å²) in [7, 11) is 0. The number of carbonyl (C=O) groups excluding carboxylic acids is 1. The largest absolute Gasteiger partial charge is 0.466 e. The molecule has 0 aliphatic rings. The van der Waals surface area contributed by atoms with E-state index in [1.54, 1.807) is 25.3 Å². The zero-order valence-electron chi connectivity index (χ0n) is 9.57. The van der Waals surface area contributed by atoms with Gasteiger partial charge in [-0.3, -0.25) is 9.78 Å². The first-order chi connectivity index (χ1) is 7.58. The van der Waals surface area contributed by atoms with Crippen molar-refractivity contribution in [1.29, 1.82) is 0 Å². The summed E-state index contributed by atoms with van der Waals surface area (Å²) in [6, 6.07) is 5.37. The molecule has 0 saturated heterocycles. The molecular formula is C13H13NO2. The summed E-state index contributed by atoms with van der Waals surface area (Å²) in [5.74, 6) is 1.37. The summed E-state index contributed by atoms with van der Waals surface area (Å²) >= 11 is 0. The number of hydrogen-bond acceptors (Lipinski definition) is 3. The quantitative estimate of drug-likeness (QED) is 0.723. The lowest BCUT2D eigenvalue weighted by Crippen LogP contribution is -2.02. The average Bonchev–Trinajstić information content (AvgIpc) is 2.58. The Kier molecular flexibility index (Phi) is 2.60. The third-order valence-electron chi connectivity index (χ3n) is 2.46. The van der Waals surface area contributed by atoms with E-state index in [9.17, 15) is 4.79 Å². The van der Waals surface area contributed by atoms with Crippen LogP contribution in [0.3, 0.4) is 0 Å². The molecule has 0 aromatic carbocycles. The van der Waals surface area contributed by atoms with Crippen LogP contribution < -0.4 is 0 Å². The predicted octanol–water partition coefficient (Wildman–Crippen LogP) is 2.83. The van der Waals surface area contributed by atoms with E-state index >= 15 is 0 Å². The van der Waals surface area contributed by atoms with Crippen LogP contribution in [0.5, 0.6) is 0 Å². The summed E-state index contributed by atoms with van der Waals surface area (Å²) in [5, 5.41) is 0. The van der Waals surface area contributed by atoms with Crippen LogP contribution in [0.25, 0.3) is 0 Å². The van der Waals surface area contributed by atoms with Gasteiger partial charge >= 0.3 is 0 Å². The second kappa shape index (κ2) is 3.93. The fraction of sp³-hybridized carbons (Fsp3) is 0.231. The number of nitrogens with zero attached hydrogens (tertiary/aromatic N) is 1. The van der Waals surface area contributed by atoms with Crippen molar-refractivity contribution < 1.29 is 9.21 Å². The molecule has 0 spiro atoms. The van der Waals surface area contributed by atoms with Gasteiger partial charge in [0.25, 0.3) is 0 Å². The molecule has 16 heavy (non-hydrogen) atoms. The molecule has 0 aliphatic carbocycles. The number of aromatic nitrogens is 1. The predicted molar refractivity (Wildman–Crippen MR) is 60.6 cm³/mol. The topological polar surface area (TPSA) is 43.1 Å². The first kappa shape index (κ1) is 10.6. The van der Waals surface area contributed by atoms with Gasteiger partial charge in [-0.1, -0.05) is 0 Å². The normalized spacial score (nSPS) is 10.4. The maximum Gasteiger partial charge on any atom is 0.198 e. The summed E-state index contributed by atoms with van der Waals surface area (Å²) in [6.07, 6.45) is 1.60. The van der Waals surface area contributed by atoms with Crippen molar-refractivity contribution in [3.63, 3.8) is 0 Å². The first-order valence-electron chi connectivity index (χ1n) is 5.12. The van der Waals surface area contributed by atoms with Crippen molar-refractivity contribution in [3.8, 4) is 0 Å². The lowest BCUT2D eigenvalue weighted by molar-refractivity contribution is 0.103. The SMILES string of the molecule is Cc1ccc(C(=O)c2cc(C)oc2C)cn1. The van der Waals surface area contributed by atoms with Gasteiger partial charge in [0.2, 0.25) is 0 Å². The number of ketones is 1. The monoisotopic (exact) mass is 215 g/mol. The van der Waals surface area contributed by atoms with Crippen LogP contribution in [0.2, 0.25) is 0 Å². The number of furan rings is 1. The van der Waals surface area contributed by atoms with Gasteiger partial charge in [-0.2, -0.15) is 0 Å². The van der Waals surface area contributed by atoms with E-state index in [2.05, 4.69) is 4.98 Å². The van der Waals surface area contributed by atoms with E-state index in [0.717, 1.165) is 11.5 Å². The van der Waals surface area contributed by atoms with Crippen LogP contribution in [0, 0.1) is 20.8 Å². The second-order valence-corrected chi connectivity index (χ2v) is 3.84. The highest BCUT2D eigenvalue weighted by Crippen LogP contribution is 2.17. The third kappa shape index (κ3) is 1.89. The Balaban J connectivity index is 2.39. The van der Waals surface area contributed by atoms with E-state index in [1.165, 1.54) is 0 Å². The number of rotatable bonds is 2. The molecule has 0 amide bonds. The smallest absolute Gasteiger partial charge is 0.198 e. The maximum atomic E-state index is 12.1. The zero-order valence-corrected chi connectivity index (χ0v) is 9.57. The van der Waals surface area contributed by atoms with Crippen molar-refractivity contribution in [2.75, 3.05) is 0 Å². The summed E-state index contributed by atoms with van der Waals surface area (Å²) in [4.78, 5) is 16.2. The average molecular weight is 215 g/mol. The Morgan fingerprint density at radius 3 is 2.50 bits per heavy atom. The molecular weight excluding hydrogens is 202 g/mol. The van der Waals surface area contributed by atoms with Gasteiger partial charge in [-0.05, 0) is 39.0 Å². The second-order valence-electron chi connectivity index (χ2n) is 3.84. The van der Waals surface area contributed by atoms with E-state index < -0.39 is 0 Å². The number of pyridine rings is 1. The standard InChI is InChI=1S/C13H13NO2/c1-8-4-5-11(7-14-8)13(15)12-6-9(2)16-10(12)3/h4-7H,1-3H3. The molecule has 0 N–H and O–H groups in total. The molecule has 0 saturated carbocycles. The van der Waals surface area contributed by atoms with Crippen LogP contribution in [0.15, 0.2) is 28.8 Å². The van der Waals surface area contributed by atoms with Crippen LogP contribution in [0.4, 0.5) is 0 Å². The molecule has 0 atom stereocenters. The Bertz CT molecular complexity index is 523. The third-order valence-corrected chi connectivity index (χ3v) is 2.46. The van der Waals surface area contributed by atoms with Crippen molar-refractivity contribution in [1.82, 2.24) is 4.98 Å². The highest BCUT2D eigenvalue weighted by molar-refractivity contribution is 6.09. The molecule has 3 nitrogen and oxygen atoms in total. The molecule has 0 bridgehead atoms. The van der Waals surface area contributed by atoms with Crippen molar-refractivity contribution in [2.24, 2.45) is 0 Å². The van der Waals surface area contributed by atoms with E-state index in [-0.39, 0.29) is 5.78 Å². The van der Waals surface area contributed by atoms with Gasteiger partial charge in [0.15, 0.2) is 5.78 Å². The Hall–Kier alpha value is -1.90. The van der Waals surface area contributed by atoms with Gasteiger partial charge in [-0.15, -0.1) is 0 Å². The molecule has 2 rings (SSSR count). The highest BCUT2D eigenvalue weighted by Gasteiger charge is 2.15. The fourth-order valence-electron chi connectivity index (χ4n) is 1.61. The highest BCUT2D eigenvalue weighted by atomic mass is 16.3. The Morgan fingerprint density at radius 1 is 1.25 bits per heavy atom. The van der Waals surface area contributed by atoms with Crippen molar-refractivity contribution in [3.05, 3.63) is 52.7 Å². The lowest BCUT2D eigenvalue weighted by atomic mass is 10.1. The molecule has 2 heterocycles. The van der Waals surface area contributed by atoms with Gasteiger partial charge < -0.3 is 4.42 Å². The summed E-state index contributed by atoms with van der Waals surface area (Å²) < 4.78 is 5.34. The van der Waals surface area contributed by atoms with E-state index in [4.69, 9.17) is 4.42 Å². The lowest BCUT2D eigenvalue weighted by Gasteiger charge is -1.99. The number of hydrogen-bond donors (Lipinski definition) is 0. The Morgan fingerprint density at radius 2 is 2.00 bits per heavy atom. The Labute approximate surface area is 94.1 Å². The first-order valence-corrected chi connectivity index (χ1v) is 5.12. The minimum Gasteiger partial charge on any atom is -0.466 e. The fourth-order valence-corrected chi connectivity index (χ4v) is 1.61. The molecule has 0 radical (unpaired) electrons. The number of carbonyl (C=O) groups is 1. The number of aryl methyl sites for hydroxylation is 3.